The van der Waals surface area contributed by atoms with Crippen LogP contribution in [0.2, 0.25) is 0 Å². The predicted octanol–water partition coefficient (Wildman–Crippen LogP) is 7.99. The molecule has 4 aromatic rings. The van der Waals surface area contributed by atoms with Crippen LogP contribution in [-0.4, -0.2) is 16.3 Å². The van der Waals surface area contributed by atoms with Gasteiger partial charge in [0.1, 0.15) is 11.3 Å². The van der Waals surface area contributed by atoms with E-state index in [1.165, 1.54) is 5.56 Å². The van der Waals surface area contributed by atoms with Gasteiger partial charge < -0.3 is 9.52 Å². The van der Waals surface area contributed by atoms with Crippen molar-refractivity contribution in [2.45, 2.75) is 26.2 Å². The number of aliphatic imine (C=N–C) groups is 1. The SMILES string of the molecule is CC[C@H](C)c1ccc2oc(-c3ccc(N=Cc4cc(Br)cc(Br)c4O)cc3)nc2c1. The second-order valence-corrected chi connectivity index (χ2v) is 8.96. The van der Waals surface area contributed by atoms with Gasteiger partial charge in [-0.05, 0) is 82.4 Å². The van der Waals surface area contributed by atoms with Gasteiger partial charge in [-0.2, -0.15) is 0 Å². The summed E-state index contributed by atoms with van der Waals surface area (Å²) >= 11 is 6.75. The average molecular weight is 528 g/mol. The van der Waals surface area contributed by atoms with E-state index in [0.29, 0.717) is 21.8 Å². The highest BCUT2D eigenvalue weighted by Gasteiger charge is 2.11. The highest BCUT2D eigenvalue weighted by Crippen LogP contribution is 2.32. The van der Waals surface area contributed by atoms with Crippen LogP contribution in [0.25, 0.3) is 22.6 Å². The summed E-state index contributed by atoms with van der Waals surface area (Å²) in [6.45, 7) is 4.40. The van der Waals surface area contributed by atoms with Crippen LogP contribution in [-0.2, 0) is 0 Å². The molecule has 0 aliphatic heterocycles. The highest BCUT2D eigenvalue weighted by molar-refractivity contribution is 9.11. The summed E-state index contributed by atoms with van der Waals surface area (Å²) < 4.78 is 7.41. The maximum absolute atomic E-state index is 10.2. The summed E-state index contributed by atoms with van der Waals surface area (Å²) in [7, 11) is 0. The summed E-state index contributed by atoms with van der Waals surface area (Å²) in [5.74, 6) is 1.24. The molecule has 0 spiro atoms. The Morgan fingerprint density at radius 3 is 2.60 bits per heavy atom. The van der Waals surface area contributed by atoms with Gasteiger partial charge in [0.2, 0.25) is 5.89 Å². The minimum Gasteiger partial charge on any atom is -0.506 e. The normalized spacial score (nSPS) is 12.7. The Morgan fingerprint density at radius 2 is 1.87 bits per heavy atom. The molecule has 3 aromatic carbocycles. The molecule has 30 heavy (non-hydrogen) atoms. The van der Waals surface area contributed by atoms with Gasteiger partial charge in [-0.15, -0.1) is 0 Å². The lowest BCUT2D eigenvalue weighted by Gasteiger charge is -2.07. The second kappa shape index (κ2) is 8.74. The zero-order chi connectivity index (χ0) is 21.3. The van der Waals surface area contributed by atoms with Crippen LogP contribution in [0.15, 0.2) is 73.0 Å². The Hall–Kier alpha value is -2.44. The highest BCUT2D eigenvalue weighted by atomic mass is 79.9. The van der Waals surface area contributed by atoms with Gasteiger partial charge in [0.05, 0.1) is 10.2 Å². The first-order valence-corrected chi connectivity index (χ1v) is 11.3. The number of oxazole rings is 1. The van der Waals surface area contributed by atoms with Crippen LogP contribution in [0, 0.1) is 0 Å². The molecule has 1 heterocycles. The van der Waals surface area contributed by atoms with Gasteiger partial charge >= 0.3 is 0 Å². The van der Waals surface area contributed by atoms with Crippen LogP contribution in [0.5, 0.6) is 5.75 Å². The topological polar surface area (TPSA) is 58.6 Å². The van der Waals surface area contributed by atoms with Crippen molar-refractivity contribution >= 4 is 54.9 Å². The molecule has 1 aromatic heterocycles. The first kappa shape index (κ1) is 20.8. The smallest absolute Gasteiger partial charge is 0.227 e. The van der Waals surface area contributed by atoms with E-state index < -0.39 is 0 Å². The second-order valence-electron chi connectivity index (χ2n) is 7.19. The fourth-order valence-corrected chi connectivity index (χ4v) is 4.39. The van der Waals surface area contributed by atoms with Crippen molar-refractivity contribution in [1.82, 2.24) is 4.98 Å². The molecule has 4 rings (SSSR count). The average Bonchev–Trinajstić information content (AvgIpc) is 3.18. The third-order valence-corrected chi connectivity index (χ3v) is 6.18. The molecule has 6 heteroatoms. The van der Waals surface area contributed by atoms with Gasteiger partial charge in [0.15, 0.2) is 5.58 Å². The molecule has 0 amide bonds. The number of fused-ring (bicyclic) bond motifs is 1. The van der Waals surface area contributed by atoms with Crippen molar-refractivity contribution < 1.29 is 9.52 Å². The Kier molecular flexibility index (Phi) is 6.06. The van der Waals surface area contributed by atoms with E-state index in [1.807, 2.05) is 36.4 Å². The minimum absolute atomic E-state index is 0.154. The molecular formula is C24H20Br2N2O2. The standard InChI is InChI=1S/C24H20Br2N2O2/c1-3-14(2)16-6-9-22-21(11-16)28-24(30-22)15-4-7-19(8-5-15)27-13-17-10-18(25)12-20(26)23(17)29/h4-14,29H,3H2,1-2H3/t14-/m0/s1. The van der Waals surface area contributed by atoms with Crippen molar-refractivity contribution in [2.24, 2.45) is 4.99 Å². The quantitative estimate of drug-likeness (QED) is 0.267. The molecule has 0 fully saturated rings. The molecule has 0 bridgehead atoms. The maximum Gasteiger partial charge on any atom is 0.227 e. The van der Waals surface area contributed by atoms with Crippen LogP contribution < -0.4 is 0 Å². The van der Waals surface area contributed by atoms with Crippen molar-refractivity contribution in [1.29, 1.82) is 0 Å². The number of phenolic OH excluding ortho intramolecular Hbond substituents is 1. The Labute approximate surface area is 191 Å². The van der Waals surface area contributed by atoms with Crippen LogP contribution in [0.3, 0.4) is 0 Å². The van der Waals surface area contributed by atoms with E-state index in [-0.39, 0.29) is 5.75 Å². The van der Waals surface area contributed by atoms with Crippen LogP contribution in [0.1, 0.15) is 37.3 Å². The number of hydrogen-bond donors (Lipinski definition) is 1. The minimum atomic E-state index is 0.154. The van der Waals surface area contributed by atoms with E-state index in [4.69, 9.17) is 4.42 Å². The van der Waals surface area contributed by atoms with E-state index in [2.05, 4.69) is 67.8 Å². The Morgan fingerprint density at radius 1 is 1.10 bits per heavy atom. The summed E-state index contributed by atoms with van der Waals surface area (Å²) in [5, 5.41) is 10.2. The molecule has 1 atom stereocenters. The Balaban J connectivity index is 1.58. The number of aromatic hydroxyl groups is 1. The van der Waals surface area contributed by atoms with Crippen molar-refractivity contribution in [2.75, 3.05) is 0 Å². The lowest BCUT2D eigenvalue weighted by atomic mass is 9.98. The lowest BCUT2D eigenvalue weighted by Crippen LogP contribution is -1.90. The molecular weight excluding hydrogens is 508 g/mol. The summed E-state index contributed by atoms with van der Waals surface area (Å²) in [5.41, 5.74) is 5.22. The van der Waals surface area contributed by atoms with Gasteiger partial charge in [0, 0.05) is 21.8 Å². The van der Waals surface area contributed by atoms with E-state index in [9.17, 15) is 5.11 Å². The molecule has 0 aliphatic rings. The van der Waals surface area contributed by atoms with Crippen LogP contribution in [0.4, 0.5) is 5.69 Å². The third kappa shape index (κ3) is 4.35. The Bertz CT molecular complexity index is 1230. The molecule has 0 aliphatic carbocycles. The van der Waals surface area contributed by atoms with Crippen molar-refractivity contribution in [3.8, 4) is 17.2 Å². The van der Waals surface area contributed by atoms with Gasteiger partial charge in [-0.25, -0.2) is 4.98 Å². The molecule has 4 nitrogen and oxygen atoms in total. The first-order chi connectivity index (χ1) is 14.4. The number of rotatable bonds is 5. The number of phenols is 1. The van der Waals surface area contributed by atoms with E-state index >= 15 is 0 Å². The molecule has 0 unspecified atom stereocenters. The number of nitrogens with zero attached hydrogens (tertiary/aromatic N) is 2. The van der Waals surface area contributed by atoms with Crippen LogP contribution >= 0.6 is 31.9 Å². The molecule has 152 valence electrons. The predicted molar refractivity (Wildman–Crippen MR) is 129 cm³/mol. The fraction of sp³-hybridized carbons (Fsp3) is 0.167. The number of benzene rings is 3. The first-order valence-electron chi connectivity index (χ1n) is 9.67. The molecule has 0 saturated carbocycles. The summed E-state index contributed by atoms with van der Waals surface area (Å²) in [6.07, 6.45) is 2.72. The third-order valence-electron chi connectivity index (χ3n) is 5.12. The van der Waals surface area contributed by atoms with E-state index in [1.54, 1.807) is 12.3 Å². The number of hydrogen-bond acceptors (Lipinski definition) is 4. The largest absolute Gasteiger partial charge is 0.506 e. The fourth-order valence-electron chi connectivity index (χ4n) is 3.13. The number of halogens is 2. The monoisotopic (exact) mass is 526 g/mol. The summed E-state index contributed by atoms with van der Waals surface area (Å²) in [6, 6.07) is 17.5. The molecule has 0 saturated heterocycles. The van der Waals surface area contributed by atoms with Gasteiger partial charge in [0.25, 0.3) is 0 Å². The molecule has 0 radical (unpaired) electrons. The molecule has 1 N–H and O–H groups in total. The maximum atomic E-state index is 10.2. The summed E-state index contributed by atoms with van der Waals surface area (Å²) in [4.78, 5) is 9.13. The number of aromatic nitrogens is 1. The van der Waals surface area contributed by atoms with Crippen molar-refractivity contribution in [3.63, 3.8) is 0 Å². The zero-order valence-electron chi connectivity index (χ0n) is 16.6. The van der Waals surface area contributed by atoms with Gasteiger partial charge in [-0.3, -0.25) is 4.99 Å². The van der Waals surface area contributed by atoms with E-state index in [0.717, 1.165) is 33.2 Å². The van der Waals surface area contributed by atoms with Gasteiger partial charge in [-0.1, -0.05) is 35.8 Å². The lowest BCUT2D eigenvalue weighted by molar-refractivity contribution is 0.471. The van der Waals surface area contributed by atoms with Crippen molar-refractivity contribution in [3.05, 3.63) is 74.7 Å². The zero-order valence-corrected chi connectivity index (χ0v) is 19.7.